The number of carbonyl (C=O) groups excluding carboxylic acids is 2. The van der Waals surface area contributed by atoms with Crippen LogP contribution >= 0.6 is 11.8 Å². The number of H-pyrrole nitrogens is 1. The van der Waals surface area contributed by atoms with E-state index in [1.807, 2.05) is 30.3 Å². The van der Waals surface area contributed by atoms with Crippen LogP contribution in [0.2, 0.25) is 0 Å². The summed E-state index contributed by atoms with van der Waals surface area (Å²) in [7, 11) is 0. The van der Waals surface area contributed by atoms with Crippen molar-refractivity contribution >= 4 is 23.6 Å². The van der Waals surface area contributed by atoms with Gasteiger partial charge in [0.05, 0.1) is 5.75 Å². The molecule has 0 radical (unpaired) electrons. The molecule has 2 amide bonds. The number of aromatic nitrogens is 3. The lowest BCUT2D eigenvalue weighted by Crippen LogP contribution is -2.34. The van der Waals surface area contributed by atoms with Gasteiger partial charge in [-0.2, -0.15) is 0 Å². The number of primary amides is 1. The number of aromatic amines is 1. The predicted octanol–water partition coefficient (Wildman–Crippen LogP) is 2.46. The zero-order valence-electron chi connectivity index (χ0n) is 15.3. The molecule has 8 heteroatoms. The maximum absolute atomic E-state index is 12.7. The summed E-state index contributed by atoms with van der Waals surface area (Å²) in [5.41, 5.74) is 6.27. The Morgan fingerprint density at radius 1 is 1.22 bits per heavy atom. The van der Waals surface area contributed by atoms with Crippen molar-refractivity contribution in [2.24, 2.45) is 5.73 Å². The monoisotopic (exact) mass is 387 g/mol. The van der Waals surface area contributed by atoms with Gasteiger partial charge < -0.3 is 10.6 Å². The van der Waals surface area contributed by atoms with E-state index in [1.54, 1.807) is 4.90 Å². The highest BCUT2D eigenvalue weighted by atomic mass is 32.2. The van der Waals surface area contributed by atoms with Crippen LogP contribution in [0.15, 0.2) is 35.5 Å². The minimum Gasteiger partial charge on any atom is -0.370 e. The summed E-state index contributed by atoms with van der Waals surface area (Å²) in [6.45, 7) is 0.764. The predicted molar refractivity (Wildman–Crippen MR) is 104 cm³/mol. The Labute approximate surface area is 163 Å². The Kier molecular flexibility index (Phi) is 6.86. The second kappa shape index (κ2) is 9.55. The molecule has 0 saturated heterocycles. The first-order valence-corrected chi connectivity index (χ1v) is 10.3. The maximum atomic E-state index is 12.7. The lowest BCUT2D eigenvalue weighted by Gasteiger charge is -2.22. The van der Waals surface area contributed by atoms with Gasteiger partial charge in [0.1, 0.15) is 5.82 Å². The van der Waals surface area contributed by atoms with E-state index in [2.05, 4.69) is 15.2 Å². The highest BCUT2D eigenvalue weighted by Crippen LogP contribution is 2.32. The molecule has 3 rings (SSSR count). The first-order chi connectivity index (χ1) is 13.1. The van der Waals surface area contributed by atoms with Crippen molar-refractivity contribution < 1.29 is 9.59 Å². The summed E-state index contributed by atoms with van der Waals surface area (Å²) < 4.78 is 0. The van der Waals surface area contributed by atoms with Gasteiger partial charge in [-0.05, 0) is 18.4 Å². The minimum absolute atomic E-state index is 0.0580. The number of carbonyl (C=O) groups is 2. The molecule has 0 bridgehead atoms. The molecule has 1 fully saturated rings. The van der Waals surface area contributed by atoms with E-state index in [9.17, 15) is 9.59 Å². The van der Waals surface area contributed by atoms with E-state index in [-0.39, 0.29) is 18.1 Å². The topological polar surface area (TPSA) is 105 Å². The average Bonchev–Trinajstić information content (AvgIpc) is 3.35. The molecule has 1 heterocycles. The second-order valence-electron chi connectivity index (χ2n) is 6.79. The molecular weight excluding hydrogens is 362 g/mol. The zero-order valence-corrected chi connectivity index (χ0v) is 16.1. The van der Waals surface area contributed by atoms with Crippen molar-refractivity contribution in [1.29, 1.82) is 0 Å². The molecule has 0 atom stereocenters. The number of thioether (sulfide) groups is 1. The SMILES string of the molecule is NC(=O)CCN(Cc1ccccc1)C(=O)CSc1n[nH]c(C2CCCC2)n1. The number of benzene rings is 1. The molecule has 1 saturated carbocycles. The van der Waals surface area contributed by atoms with Crippen LogP contribution in [-0.2, 0) is 16.1 Å². The smallest absolute Gasteiger partial charge is 0.233 e. The fourth-order valence-electron chi connectivity index (χ4n) is 3.26. The van der Waals surface area contributed by atoms with Crippen LogP contribution in [-0.4, -0.2) is 44.2 Å². The summed E-state index contributed by atoms with van der Waals surface area (Å²) in [5, 5.41) is 7.84. The Hall–Kier alpha value is -2.35. The molecule has 1 aliphatic carbocycles. The molecular formula is C19H25N5O2S. The Bertz CT molecular complexity index is 758. The van der Waals surface area contributed by atoms with Crippen LogP contribution in [0.25, 0.3) is 0 Å². The van der Waals surface area contributed by atoms with E-state index < -0.39 is 5.91 Å². The lowest BCUT2D eigenvalue weighted by molar-refractivity contribution is -0.129. The van der Waals surface area contributed by atoms with Crippen molar-refractivity contribution in [1.82, 2.24) is 20.1 Å². The van der Waals surface area contributed by atoms with Gasteiger partial charge >= 0.3 is 0 Å². The number of amides is 2. The highest BCUT2D eigenvalue weighted by Gasteiger charge is 2.21. The zero-order chi connectivity index (χ0) is 19.1. The van der Waals surface area contributed by atoms with E-state index in [4.69, 9.17) is 5.73 Å². The number of nitrogens with zero attached hydrogens (tertiary/aromatic N) is 3. The third-order valence-corrected chi connectivity index (χ3v) is 5.58. The summed E-state index contributed by atoms with van der Waals surface area (Å²) in [6, 6.07) is 9.71. The molecule has 144 valence electrons. The molecule has 1 aliphatic rings. The molecule has 1 aromatic carbocycles. The van der Waals surface area contributed by atoms with Gasteiger partial charge in [-0.3, -0.25) is 14.7 Å². The van der Waals surface area contributed by atoms with Crippen molar-refractivity contribution in [3.8, 4) is 0 Å². The number of rotatable bonds is 9. The van der Waals surface area contributed by atoms with Gasteiger partial charge in [0.15, 0.2) is 0 Å². The summed E-state index contributed by atoms with van der Waals surface area (Å²) in [5.74, 6) is 1.15. The third-order valence-electron chi connectivity index (χ3n) is 4.75. The molecule has 27 heavy (non-hydrogen) atoms. The van der Waals surface area contributed by atoms with E-state index >= 15 is 0 Å². The van der Waals surface area contributed by atoms with Gasteiger partial charge in [-0.1, -0.05) is 54.9 Å². The normalized spacial score (nSPS) is 14.4. The van der Waals surface area contributed by atoms with Crippen molar-refractivity contribution in [3.05, 3.63) is 41.7 Å². The van der Waals surface area contributed by atoms with Crippen molar-refractivity contribution in [2.75, 3.05) is 12.3 Å². The summed E-state index contributed by atoms with van der Waals surface area (Å²) in [6.07, 6.45) is 4.92. The standard InChI is InChI=1S/C19H25N5O2S/c20-16(25)10-11-24(12-14-6-2-1-3-7-14)17(26)13-27-19-21-18(22-23-19)15-8-4-5-9-15/h1-3,6-7,15H,4-5,8-13H2,(H2,20,25)(H,21,22,23). The highest BCUT2D eigenvalue weighted by molar-refractivity contribution is 7.99. The van der Waals surface area contributed by atoms with E-state index in [1.165, 1.54) is 24.6 Å². The van der Waals surface area contributed by atoms with Crippen LogP contribution < -0.4 is 5.73 Å². The molecule has 1 aromatic heterocycles. The van der Waals surface area contributed by atoms with Crippen LogP contribution in [0.3, 0.4) is 0 Å². The van der Waals surface area contributed by atoms with Gasteiger partial charge in [0.2, 0.25) is 17.0 Å². The van der Waals surface area contributed by atoms with E-state index in [0.717, 1.165) is 24.2 Å². The average molecular weight is 388 g/mol. The van der Waals surface area contributed by atoms with Crippen LogP contribution in [0.1, 0.15) is 49.4 Å². The summed E-state index contributed by atoms with van der Waals surface area (Å²) in [4.78, 5) is 30.0. The first-order valence-electron chi connectivity index (χ1n) is 9.27. The molecule has 7 nitrogen and oxygen atoms in total. The van der Waals surface area contributed by atoms with E-state index in [0.29, 0.717) is 24.2 Å². The van der Waals surface area contributed by atoms with Crippen molar-refractivity contribution in [2.45, 2.75) is 49.7 Å². The molecule has 0 unspecified atom stereocenters. The summed E-state index contributed by atoms with van der Waals surface area (Å²) >= 11 is 1.32. The maximum Gasteiger partial charge on any atom is 0.233 e. The lowest BCUT2D eigenvalue weighted by atomic mass is 10.1. The van der Waals surface area contributed by atoms with Crippen LogP contribution in [0, 0.1) is 0 Å². The number of hydrogen-bond donors (Lipinski definition) is 2. The molecule has 0 aliphatic heterocycles. The van der Waals surface area contributed by atoms with Crippen molar-refractivity contribution in [3.63, 3.8) is 0 Å². The fraction of sp³-hybridized carbons (Fsp3) is 0.474. The minimum atomic E-state index is -0.413. The molecule has 3 N–H and O–H groups in total. The number of nitrogens with one attached hydrogen (secondary N) is 1. The number of nitrogens with two attached hydrogens (primary N) is 1. The molecule has 0 spiro atoms. The third kappa shape index (κ3) is 5.82. The molecule has 2 aromatic rings. The van der Waals surface area contributed by atoms with Crippen LogP contribution in [0.5, 0.6) is 0 Å². The van der Waals surface area contributed by atoms with Gasteiger partial charge in [-0.25, -0.2) is 4.98 Å². The number of hydrogen-bond acceptors (Lipinski definition) is 5. The first kappa shape index (κ1) is 19.4. The van der Waals surface area contributed by atoms with Gasteiger partial charge in [0, 0.05) is 25.4 Å². The van der Waals surface area contributed by atoms with Gasteiger partial charge in [0.25, 0.3) is 0 Å². The quantitative estimate of drug-likeness (QED) is 0.643. The van der Waals surface area contributed by atoms with Crippen LogP contribution in [0.4, 0.5) is 0 Å². The second-order valence-corrected chi connectivity index (χ2v) is 7.73. The Morgan fingerprint density at radius 2 is 1.96 bits per heavy atom. The Morgan fingerprint density at radius 3 is 2.67 bits per heavy atom. The Balaban J connectivity index is 1.57. The largest absolute Gasteiger partial charge is 0.370 e. The van der Waals surface area contributed by atoms with Gasteiger partial charge in [-0.15, -0.1) is 5.10 Å². The fourth-order valence-corrected chi connectivity index (χ4v) is 3.97.